The highest BCUT2D eigenvalue weighted by atomic mass is 16.5. The van der Waals surface area contributed by atoms with Gasteiger partial charge in [-0.05, 0) is 31.5 Å². The predicted octanol–water partition coefficient (Wildman–Crippen LogP) is 2.44. The fourth-order valence-corrected chi connectivity index (χ4v) is 1.60. The molecule has 102 valence electrons. The van der Waals surface area contributed by atoms with E-state index in [9.17, 15) is 5.11 Å². The number of aliphatic hydroxyl groups is 1. The monoisotopic (exact) mass is 262 g/mol. The summed E-state index contributed by atoms with van der Waals surface area (Å²) >= 11 is 0. The smallest absolute Gasteiger partial charge is 0.226 e. The first-order valence-corrected chi connectivity index (χ1v) is 6.26. The van der Waals surface area contributed by atoms with Crippen molar-refractivity contribution in [3.63, 3.8) is 0 Å². The molecule has 19 heavy (non-hydrogen) atoms. The van der Waals surface area contributed by atoms with Gasteiger partial charge in [0, 0.05) is 6.42 Å². The summed E-state index contributed by atoms with van der Waals surface area (Å²) in [7, 11) is 0. The molecule has 5 heteroatoms. The van der Waals surface area contributed by atoms with Crippen LogP contribution in [-0.4, -0.2) is 15.2 Å². The molecule has 2 rings (SSSR count). The summed E-state index contributed by atoms with van der Waals surface area (Å²) in [4.78, 5) is 4.16. The fourth-order valence-electron chi connectivity index (χ4n) is 1.60. The Morgan fingerprint density at radius 2 is 1.95 bits per heavy atom. The molecule has 0 aliphatic carbocycles. The Morgan fingerprint density at radius 1 is 1.26 bits per heavy atom. The van der Waals surface area contributed by atoms with E-state index in [2.05, 4.69) is 10.1 Å². The first kappa shape index (κ1) is 13.5. The predicted molar refractivity (Wildman–Crippen MR) is 69.7 cm³/mol. The highest BCUT2D eigenvalue weighted by Crippen LogP contribution is 2.22. The summed E-state index contributed by atoms with van der Waals surface area (Å²) in [5.74, 6) is 1.84. The third-order valence-corrected chi connectivity index (χ3v) is 2.74. The van der Waals surface area contributed by atoms with Gasteiger partial charge >= 0.3 is 0 Å². The molecule has 1 heterocycles. The van der Waals surface area contributed by atoms with E-state index in [0.717, 1.165) is 5.56 Å². The topological polar surface area (TPSA) is 68.4 Å². The minimum Gasteiger partial charge on any atom is -0.485 e. The van der Waals surface area contributed by atoms with Crippen molar-refractivity contribution < 1.29 is 14.4 Å². The van der Waals surface area contributed by atoms with Gasteiger partial charge in [-0.2, -0.15) is 4.98 Å². The molecule has 0 radical (unpaired) electrons. The third kappa shape index (κ3) is 3.54. The fraction of sp³-hybridized carbons (Fsp3) is 0.429. The Balaban J connectivity index is 1.96. The van der Waals surface area contributed by atoms with Crippen molar-refractivity contribution in [3.8, 4) is 5.75 Å². The number of aryl methyl sites for hydroxylation is 1. The van der Waals surface area contributed by atoms with Crippen LogP contribution in [0.5, 0.6) is 5.75 Å². The van der Waals surface area contributed by atoms with Gasteiger partial charge < -0.3 is 14.4 Å². The van der Waals surface area contributed by atoms with Gasteiger partial charge in [-0.3, -0.25) is 0 Å². The molecule has 2 aromatic rings. The molecule has 1 aromatic carbocycles. The SMILES string of the molecule is CCc1nc(COc2ccc(C(C)(C)O)cc2)no1. The van der Waals surface area contributed by atoms with Crippen LogP contribution in [0.25, 0.3) is 0 Å². The highest BCUT2D eigenvalue weighted by molar-refractivity contribution is 5.30. The lowest BCUT2D eigenvalue weighted by Crippen LogP contribution is -2.14. The standard InChI is InChI=1S/C14H18N2O3/c1-4-13-15-12(16-19-13)9-18-11-7-5-10(6-8-11)14(2,3)17/h5-8,17H,4,9H2,1-3H3. The zero-order valence-corrected chi connectivity index (χ0v) is 11.4. The summed E-state index contributed by atoms with van der Waals surface area (Å²) in [5.41, 5.74) is -0.00457. The molecule has 1 aromatic heterocycles. The zero-order valence-electron chi connectivity index (χ0n) is 11.4. The van der Waals surface area contributed by atoms with Crippen LogP contribution in [0.1, 0.15) is 38.0 Å². The molecule has 0 amide bonds. The van der Waals surface area contributed by atoms with Crippen molar-refractivity contribution >= 4 is 0 Å². The number of nitrogens with zero attached hydrogens (tertiary/aromatic N) is 2. The lowest BCUT2D eigenvalue weighted by Gasteiger charge is -2.17. The number of hydrogen-bond acceptors (Lipinski definition) is 5. The number of hydrogen-bond donors (Lipinski definition) is 1. The molecule has 0 atom stereocenters. The van der Waals surface area contributed by atoms with E-state index in [1.165, 1.54) is 0 Å². The summed E-state index contributed by atoms with van der Waals surface area (Å²) in [6.07, 6.45) is 0.716. The summed E-state index contributed by atoms with van der Waals surface area (Å²) in [6.45, 7) is 5.71. The van der Waals surface area contributed by atoms with Crippen molar-refractivity contribution in [2.75, 3.05) is 0 Å². The Bertz CT molecular complexity index is 526. The average Bonchev–Trinajstić information content (AvgIpc) is 2.84. The third-order valence-electron chi connectivity index (χ3n) is 2.74. The summed E-state index contributed by atoms with van der Waals surface area (Å²) < 4.78 is 10.5. The maximum Gasteiger partial charge on any atom is 0.226 e. The van der Waals surface area contributed by atoms with E-state index in [0.29, 0.717) is 23.9 Å². The van der Waals surface area contributed by atoms with Crippen LogP contribution in [0.15, 0.2) is 28.8 Å². The molecular formula is C14H18N2O3. The van der Waals surface area contributed by atoms with Gasteiger partial charge in [0.2, 0.25) is 11.7 Å². The number of rotatable bonds is 5. The van der Waals surface area contributed by atoms with Crippen molar-refractivity contribution in [2.24, 2.45) is 0 Å². The highest BCUT2D eigenvalue weighted by Gasteiger charge is 2.15. The minimum absolute atomic E-state index is 0.269. The van der Waals surface area contributed by atoms with E-state index in [1.54, 1.807) is 13.8 Å². The Kier molecular flexibility index (Phi) is 3.85. The summed E-state index contributed by atoms with van der Waals surface area (Å²) in [5, 5.41) is 13.7. The van der Waals surface area contributed by atoms with Gasteiger partial charge in [-0.25, -0.2) is 0 Å². The number of benzene rings is 1. The van der Waals surface area contributed by atoms with E-state index < -0.39 is 5.60 Å². The number of ether oxygens (including phenoxy) is 1. The Morgan fingerprint density at radius 3 is 2.47 bits per heavy atom. The maximum atomic E-state index is 9.84. The van der Waals surface area contributed by atoms with Crippen molar-refractivity contribution in [2.45, 2.75) is 39.4 Å². The van der Waals surface area contributed by atoms with Crippen molar-refractivity contribution in [1.29, 1.82) is 0 Å². The van der Waals surface area contributed by atoms with Crippen LogP contribution in [0, 0.1) is 0 Å². The van der Waals surface area contributed by atoms with E-state index in [-0.39, 0.29) is 6.61 Å². The second-order valence-corrected chi connectivity index (χ2v) is 4.83. The molecule has 0 fully saturated rings. The van der Waals surface area contributed by atoms with Crippen molar-refractivity contribution in [1.82, 2.24) is 10.1 Å². The van der Waals surface area contributed by atoms with E-state index in [4.69, 9.17) is 9.26 Å². The van der Waals surface area contributed by atoms with Gasteiger partial charge in [-0.15, -0.1) is 0 Å². The van der Waals surface area contributed by atoms with Crippen LogP contribution in [-0.2, 0) is 18.6 Å². The molecule has 0 spiro atoms. The van der Waals surface area contributed by atoms with Gasteiger partial charge in [0.15, 0.2) is 6.61 Å². The normalized spacial score (nSPS) is 11.6. The average molecular weight is 262 g/mol. The van der Waals surface area contributed by atoms with Gasteiger partial charge in [0.1, 0.15) is 5.75 Å². The molecule has 0 aliphatic heterocycles. The molecular weight excluding hydrogens is 244 g/mol. The van der Waals surface area contributed by atoms with Gasteiger partial charge in [0.25, 0.3) is 0 Å². The number of aromatic nitrogens is 2. The molecule has 0 saturated heterocycles. The Labute approximate surface area is 112 Å². The van der Waals surface area contributed by atoms with E-state index in [1.807, 2.05) is 31.2 Å². The van der Waals surface area contributed by atoms with Gasteiger partial charge in [0.05, 0.1) is 5.60 Å². The van der Waals surface area contributed by atoms with E-state index >= 15 is 0 Å². The van der Waals surface area contributed by atoms with Crippen LogP contribution < -0.4 is 4.74 Å². The van der Waals surface area contributed by atoms with Crippen LogP contribution in [0.3, 0.4) is 0 Å². The molecule has 0 saturated carbocycles. The second kappa shape index (κ2) is 5.40. The zero-order chi connectivity index (χ0) is 13.9. The Hall–Kier alpha value is -1.88. The lowest BCUT2D eigenvalue weighted by molar-refractivity contribution is 0.0785. The van der Waals surface area contributed by atoms with Crippen molar-refractivity contribution in [3.05, 3.63) is 41.5 Å². The second-order valence-electron chi connectivity index (χ2n) is 4.83. The first-order chi connectivity index (χ1) is 8.99. The molecule has 0 bridgehead atoms. The lowest BCUT2D eigenvalue weighted by atomic mass is 9.99. The molecule has 0 aliphatic rings. The first-order valence-electron chi connectivity index (χ1n) is 6.26. The molecule has 0 unspecified atom stereocenters. The van der Waals surface area contributed by atoms with Gasteiger partial charge in [-0.1, -0.05) is 24.2 Å². The molecule has 5 nitrogen and oxygen atoms in total. The minimum atomic E-state index is -0.845. The maximum absolute atomic E-state index is 9.84. The quantitative estimate of drug-likeness (QED) is 0.896. The summed E-state index contributed by atoms with van der Waals surface area (Å²) in [6, 6.07) is 7.30. The van der Waals surface area contributed by atoms with Crippen LogP contribution in [0.2, 0.25) is 0 Å². The largest absolute Gasteiger partial charge is 0.485 e. The van der Waals surface area contributed by atoms with Crippen LogP contribution in [0.4, 0.5) is 0 Å². The molecule has 1 N–H and O–H groups in total. The van der Waals surface area contributed by atoms with Crippen LogP contribution >= 0.6 is 0 Å².